The van der Waals surface area contributed by atoms with Crippen LogP contribution < -0.4 is 5.32 Å². The molecule has 0 saturated carbocycles. The topological polar surface area (TPSA) is 66.4 Å². The Morgan fingerprint density at radius 3 is 2.37 bits per heavy atom. The highest BCUT2D eigenvalue weighted by Crippen LogP contribution is 2.23. The van der Waals surface area contributed by atoms with E-state index in [4.69, 9.17) is 23.2 Å². The van der Waals surface area contributed by atoms with Crippen molar-refractivity contribution in [1.82, 2.24) is 5.32 Å². The van der Waals surface area contributed by atoms with Gasteiger partial charge in [-0.05, 0) is 30.7 Å². The highest BCUT2D eigenvalue weighted by atomic mass is 35.5. The third kappa shape index (κ3) is 5.10. The van der Waals surface area contributed by atoms with E-state index >= 15 is 0 Å². The molecule has 1 aromatic rings. The summed E-state index contributed by atoms with van der Waals surface area (Å²) >= 11 is 11.6. The van der Waals surface area contributed by atoms with E-state index in [9.17, 15) is 14.1 Å². The Labute approximate surface area is 124 Å². The first-order valence-corrected chi connectivity index (χ1v) is 7.93. The molecule has 0 aliphatic rings. The van der Waals surface area contributed by atoms with Crippen LogP contribution in [0.3, 0.4) is 0 Å². The van der Waals surface area contributed by atoms with Crippen molar-refractivity contribution in [1.29, 1.82) is 0 Å². The van der Waals surface area contributed by atoms with Gasteiger partial charge in [0.15, 0.2) is 6.10 Å². The largest absolute Gasteiger partial charge is 0.378 e. The Morgan fingerprint density at radius 2 is 1.89 bits per heavy atom. The smallest absolute Gasteiger partial charge is 0.253 e. The lowest BCUT2D eigenvalue weighted by atomic mass is 10.1. The normalized spacial score (nSPS) is 15.6. The lowest BCUT2D eigenvalue weighted by molar-refractivity contribution is -0.129. The van der Waals surface area contributed by atoms with Gasteiger partial charge in [0.1, 0.15) is 0 Å². The van der Waals surface area contributed by atoms with Gasteiger partial charge in [-0.3, -0.25) is 9.00 Å². The van der Waals surface area contributed by atoms with Crippen molar-refractivity contribution in [3.05, 3.63) is 33.8 Å². The minimum Gasteiger partial charge on any atom is -0.378 e. The second kappa shape index (κ2) is 7.24. The maximum atomic E-state index is 11.7. The van der Waals surface area contributed by atoms with Crippen LogP contribution in [-0.2, 0) is 15.6 Å². The van der Waals surface area contributed by atoms with Crippen LogP contribution >= 0.6 is 23.2 Å². The van der Waals surface area contributed by atoms with E-state index in [-0.39, 0.29) is 11.8 Å². The lowest BCUT2D eigenvalue weighted by Gasteiger charge is -2.14. The quantitative estimate of drug-likeness (QED) is 0.869. The zero-order valence-electron chi connectivity index (χ0n) is 10.5. The van der Waals surface area contributed by atoms with Crippen LogP contribution in [0.15, 0.2) is 18.2 Å². The molecule has 0 aliphatic carbocycles. The molecule has 7 heteroatoms. The fraction of sp³-hybridized carbons (Fsp3) is 0.417. The predicted molar refractivity (Wildman–Crippen MR) is 78.0 cm³/mol. The molecule has 1 rings (SSSR count). The molecule has 0 radical (unpaired) electrons. The number of carbonyl (C=O) groups is 1. The molecule has 0 saturated heterocycles. The highest BCUT2D eigenvalue weighted by molar-refractivity contribution is 7.84. The Kier molecular flexibility index (Phi) is 6.26. The lowest BCUT2D eigenvalue weighted by Crippen LogP contribution is -2.35. The summed E-state index contributed by atoms with van der Waals surface area (Å²) in [5, 5.41) is 12.9. The first-order valence-electron chi connectivity index (χ1n) is 5.55. The number of hydrogen-bond acceptors (Lipinski definition) is 3. The number of nitrogens with one attached hydrogen (secondary N) is 1. The van der Waals surface area contributed by atoms with Crippen molar-refractivity contribution < 1.29 is 14.1 Å². The summed E-state index contributed by atoms with van der Waals surface area (Å²) in [7, 11) is -1.03. The van der Waals surface area contributed by atoms with Crippen molar-refractivity contribution in [3.63, 3.8) is 0 Å². The third-order valence-corrected chi connectivity index (χ3v) is 4.32. The minimum absolute atomic E-state index is 0.181. The molecule has 0 aliphatic heterocycles. The molecule has 19 heavy (non-hydrogen) atoms. The second-order valence-electron chi connectivity index (χ2n) is 4.16. The van der Waals surface area contributed by atoms with Gasteiger partial charge in [-0.25, -0.2) is 0 Å². The van der Waals surface area contributed by atoms with Gasteiger partial charge in [-0.2, -0.15) is 0 Å². The second-order valence-corrected chi connectivity index (χ2v) is 6.83. The molecule has 0 bridgehead atoms. The van der Waals surface area contributed by atoms with Crippen LogP contribution in [0, 0.1) is 0 Å². The number of aliphatic hydroxyl groups excluding tert-OH is 1. The van der Waals surface area contributed by atoms with E-state index in [2.05, 4.69) is 5.32 Å². The Bertz CT molecular complexity index is 476. The molecule has 3 unspecified atom stereocenters. The molecule has 1 aromatic carbocycles. The van der Waals surface area contributed by atoms with E-state index in [1.165, 1.54) is 18.2 Å². The zero-order valence-corrected chi connectivity index (χ0v) is 12.9. The molecule has 0 fully saturated rings. The number of halogens is 2. The van der Waals surface area contributed by atoms with Crippen molar-refractivity contribution in [3.8, 4) is 0 Å². The number of benzene rings is 1. The summed E-state index contributed by atoms with van der Waals surface area (Å²) < 4.78 is 11.1. The number of aliphatic hydroxyl groups is 1. The third-order valence-electron chi connectivity index (χ3n) is 2.58. The number of hydrogen-bond donors (Lipinski definition) is 2. The van der Waals surface area contributed by atoms with Crippen LogP contribution in [0.1, 0.15) is 18.6 Å². The van der Waals surface area contributed by atoms with Crippen molar-refractivity contribution in [2.24, 2.45) is 0 Å². The average Bonchev–Trinajstić information content (AvgIpc) is 2.33. The summed E-state index contributed by atoms with van der Waals surface area (Å²) in [6.07, 6.45) is 0.206. The molecule has 0 heterocycles. The maximum Gasteiger partial charge on any atom is 0.253 e. The van der Waals surface area contributed by atoms with Crippen molar-refractivity contribution in [2.45, 2.75) is 18.3 Å². The van der Waals surface area contributed by atoms with Crippen LogP contribution in [0.2, 0.25) is 10.0 Å². The Hall–Kier alpha value is -0.620. The number of amides is 1. The molecule has 4 nitrogen and oxygen atoms in total. The molecule has 1 amide bonds. The van der Waals surface area contributed by atoms with E-state index in [1.807, 2.05) is 0 Å². The standard InChI is InChI=1S/C12H15Cl2NO3S/c1-7(19(2)18)6-15-12(17)11(16)8-3-9(13)5-10(14)4-8/h3-5,7,11,16H,6H2,1-2H3,(H,15,17). The van der Waals surface area contributed by atoms with E-state index < -0.39 is 22.8 Å². The van der Waals surface area contributed by atoms with Crippen LogP contribution in [0.5, 0.6) is 0 Å². The SMILES string of the molecule is CC(CNC(=O)C(O)c1cc(Cl)cc(Cl)c1)S(C)=O. The summed E-state index contributed by atoms with van der Waals surface area (Å²) in [5.74, 6) is -0.573. The van der Waals surface area contributed by atoms with Crippen LogP contribution in [0.25, 0.3) is 0 Å². The molecule has 3 atom stereocenters. The highest BCUT2D eigenvalue weighted by Gasteiger charge is 2.19. The fourth-order valence-corrected chi connectivity index (χ4v) is 2.20. The van der Waals surface area contributed by atoms with Crippen LogP contribution in [0.4, 0.5) is 0 Å². The first-order chi connectivity index (χ1) is 8.81. The molecule has 0 aromatic heterocycles. The van der Waals surface area contributed by atoms with E-state index in [0.29, 0.717) is 15.6 Å². The molecule has 106 valence electrons. The van der Waals surface area contributed by atoms with Gasteiger partial charge in [0.05, 0.1) is 0 Å². The first kappa shape index (κ1) is 16.4. The van der Waals surface area contributed by atoms with Gasteiger partial charge < -0.3 is 10.4 Å². The van der Waals surface area contributed by atoms with E-state index in [1.54, 1.807) is 13.2 Å². The number of carbonyl (C=O) groups excluding carboxylic acids is 1. The summed E-state index contributed by atoms with van der Waals surface area (Å²) in [4.78, 5) is 11.7. The molecular formula is C12H15Cl2NO3S. The predicted octanol–water partition coefficient (Wildman–Crippen LogP) is 1.91. The maximum absolute atomic E-state index is 11.7. The average molecular weight is 324 g/mol. The van der Waals surface area contributed by atoms with Gasteiger partial charge in [-0.15, -0.1) is 0 Å². The minimum atomic E-state index is -1.35. The van der Waals surface area contributed by atoms with Crippen molar-refractivity contribution in [2.75, 3.05) is 12.8 Å². The van der Waals surface area contributed by atoms with Gasteiger partial charge >= 0.3 is 0 Å². The summed E-state index contributed by atoms with van der Waals surface area (Å²) in [6, 6.07) is 4.46. The zero-order chi connectivity index (χ0) is 14.6. The number of rotatable bonds is 5. The van der Waals surface area contributed by atoms with Gasteiger partial charge in [0.25, 0.3) is 5.91 Å². The molecule has 2 N–H and O–H groups in total. The van der Waals surface area contributed by atoms with Gasteiger partial charge in [0.2, 0.25) is 0 Å². The van der Waals surface area contributed by atoms with Gasteiger partial charge in [0, 0.05) is 38.9 Å². The summed E-state index contributed by atoms with van der Waals surface area (Å²) in [6.45, 7) is 1.98. The van der Waals surface area contributed by atoms with E-state index in [0.717, 1.165) is 0 Å². The monoisotopic (exact) mass is 323 g/mol. The fourth-order valence-electron chi connectivity index (χ4n) is 1.34. The summed E-state index contributed by atoms with van der Waals surface area (Å²) in [5.41, 5.74) is 0.320. The molecular weight excluding hydrogens is 309 g/mol. The van der Waals surface area contributed by atoms with Crippen LogP contribution in [-0.4, -0.2) is 33.3 Å². The molecule has 0 spiro atoms. The Balaban J connectivity index is 2.69. The van der Waals surface area contributed by atoms with Gasteiger partial charge in [-0.1, -0.05) is 23.2 Å². The van der Waals surface area contributed by atoms with Crippen molar-refractivity contribution >= 4 is 39.9 Å². The Morgan fingerprint density at radius 1 is 1.37 bits per heavy atom.